The Morgan fingerprint density at radius 1 is 1.29 bits per heavy atom. The van der Waals surface area contributed by atoms with E-state index >= 15 is 0 Å². The molecule has 6 heteroatoms. The molecule has 1 atom stereocenters. The van der Waals surface area contributed by atoms with E-state index in [9.17, 15) is 9.59 Å². The van der Waals surface area contributed by atoms with Crippen LogP contribution >= 0.6 is 0 Å². The van der Waals surface area contributed by atoms with Gasteiger partial charge in [-0.1, -0.05) is 18.2 Å². The van der Waals surface area contributed by atoms with Gasteiger partial charge in [0.25, 0.3) is 5.91 Å². The number of nitrogens with one attached hydrogen (secondary N) is 1. The largest absolute Gasteiger partial charge is 0.479 e. The highest BCUT2D eigenvalue weighted by Crippen LogP contribution is 2.33. The van der Waals surface area contributed by atoms with Gasteiger partial charge in [-0.05, 0) is 30.7 Å². The van der Waals surface area contributed by atoms with Gasteiger partial charge < -0.3 is 15.0 Å². The van der Waals surface area contributed by atoms with Crippen molar-refractivity contribution < 1.29 is 14.3 Å². The summed E-state index contributed by atoms with van der Waals surface area (Å²) in [6, 6.07) is 11.1. The molecule has 0 radical (unpaired) electrons. The number of hydrogen-bond acceptors (Lipinski definition) is 4. The van der Waals surface area contributed by atoms with Crippen molar-refractivity contribution in [2.24, 2.45) is 0 Å². The van der Waals surface area contributed by atoms with Crippen molar-refractivity contribution in [1.82, 2.24) is 10.3 Å². The van der Waals surface area contributed by atoms with E-state index in [-0.39, 0.29) is 18.2 Å². The first-order valence-electron chi connectivity index (χ1n) is 7.88. The molecule has 0 saturated carbocycles. The Bertz CT molecular complexity index is 733. The van der Waals surface area contributed by atoms with Gasteiger partial charge in [0.1, 0.15) is 5.75 Å². The van der Waals surface area contributed by atoms with E-state index in [2.05, 4.69) is 10.3 Å². The molecule has 0 aliphatic carbocycles. The van der Waals surface area contributed by atoms with Gasteiger partial charge in [0, 0.05) is 31.9 Å². The van der Waals surface area contributed by atoms with Crippen molar-refractivity contribution in [1.29, 1.82) is 0 Å². The summed E-state index contributed by atoms with van der Waals surface area (Å²) in [5.74, 6) is 0.428. The van der Waals surface area contributed by atoms with E-state index in [1.807, 2.05) is 36.4 Å². The summed E-state index contributed by atoms with van der Waals surface area (Å²) in [5.41, 5.74) is 1.65. The third-order valence-corrected chi connectivity index (χ3v) is 3.85. The summed E-state index contributed by atoms with van der Waals surface area (Å²) in [6.07, 6.45) is 3.09. The number of hydrogen-bond donors (Lipinski definition) is 1. The van der Waals surface area contributed by atoms with Gasteiger partial charge >= 0.3 is 0 Å². The van der Waals surface area contributed by atoms with Gasteiger partial charge in [0.05, 0.1) is 5.69 Å². The average Bonchev–Trinajstić information content (AvgIpc) is 2.61. The maximum absolute atomic E-state index is 12.3. The first-order valence-corrected chi connectivity index (χ1v) is 7.88. The fourth-order valence-electron chi connectivity index (χ4n) is 2.59. The molecule has 1 aliphatic rings. The molecular weight excluding hydrogens is 306 g/mol. The van der Waals surface area contributed by atoms with Gasteiger partial charge in [-0.3, -0.25) is 14.6 Å². The van der Waals surface area contributed by atoms with Crippen LogP contribution < -0.4 is 15.0 Å². The lowest BCUT2D eigenvalue weighted by Crippen LogP contribution is -2.45. The summed E-state index contributed by atoms with van der Waals surface area (Å²) >= 11 is 0. The third-order valence-electron chi connectivity index (χ3n) is 3.85. The molecule has 124 valence electrons. The highest BCUT2D eigenvalue weighted by Gasteiger charge is 2.31. The van der Waals surface area contributed by atoms with E-state index < -0.39 is 6.10 Å². The van der Waals surface area contributed by atoms with Crippen LogP contribution in [0.4, 0.5) is 5.69 Å². The van der Waals surface area contributed by atoms with E-state index in [0.717, 1.165) is 5.56 Å². The van der Waals surface area contributed by atoms with Crippen LogP contribution in [0.2, 0.25) is 0 Å². The van der Waals surface area contributed by atoms with Crippen LogP contribution in [0.25, 0.3) is 0 Å². The molecule has 1 aliphatic heterocycles. The van der Waals surface area contributed by atoms with Crippen molar-refractivity contribution in [3.8, 4) is 5.75 Å². The minimum Gasteiger partial charge on any atom is -0.479 e. The topological polar surface area (TPSA) is 71.5 Å². The molecule has 3 rings (SSSR count). The molecular formula is C18H19N3O3. The van der Waals surface area contributed by atoms with Crippen molar-refractivity contribution in [2.45, 2.75) is 26.0 Å². The zero-order valence-corrected chi connectivity index (χ0v) is 13.4. The molecule has 1 aromatic heterocycles. The molecule has 2 amide bonds. The maximum atomic E-state index is 12.3. The SMILES string of the molecule is CC1Oc2ccccc2N(CCC(=O)NCc2cccnc2)C1=O. The molecule has 1 unspecified atom stereocenters. The van der Waals surface area contributed by atoms with Gasteiger partial charge in [0.15, 0.2) is 6.10 Å². The maximum Gasteiger partial charge on any atom is 0.267 e. The molecule has 1 aromatic carbocycles. The Morgan fingerprint density at radius 3 is 2.92 bits per heavy atom. The fourth-order valence-corrected chi connectivity index (χ4v) is 2.59. The summed E-state index contributed by atoms with van der Waals surface area (Å²) in [7, 11) is 0. The second-order valence-electron chi connectivity index (χ2n) is 5.61. The number of aromatic nitrogens is 1. The Kier molecular flexibility index (Phi) is 4.74. The summed E-state index contributed by atoms with van der Waals surface area (Å²) < 4.78 is 5.59. The Balaban J connectivity index is 1.59. The van der Waals surface area contributed by atoms with Gasteiger partial charge in [-0.2, -0.15) is 0 Å². The number of anilines is 1. The predicted octanol–water partition coefficient (Wildman–Crippen LogP) is 1.90. The highest BCUT2D eigenvalue weighted by molar-refractivity contribution is 6.00. The fraction of sp³-hybridized carbons (Fsp3) is 0.278. The van der Waals surface area contributed by atoms with Crippen LogP contribution in [0.1, 0.15) is 18.9 Å². The Labute approximate surface area is 140 Å². The lowest BCUT2D eigenvalue weighted by atomic mass is 10.1. The minimum absolute atomic E-state index is 0.108. The molecule has 0 saturated heterocycles. The summed E-state index contributed by atoms with van der Waals surface area (Å²) in [5, 5.41) is 2.84. The second kappa shape index (κ2) is 7.12. The van der Waals surface area contributed by atoms with Crippen LogP contribution in [0, 0.1) is 0 Å². The minimum atomic E-state index is -0.543. The highest BCUT2D eigenvalue weighted by atomic mass is 16.5. The summed E-state index contributed by atoms with van der Waals surface area (Å²) in [6.45, 7) is 2.47. The molecule has 24 heavy (non-hydrogen) atoms. The molecule has 0 fully saturated rings. The van der Waals surface area contributed by atoms with Gasteiger partial charge in [-0.15, -0.1) is 0 Å². The predicted molar refractivity (Wildman–Crippen MR) is 89.6 cm³/mol. The molecule has 1 N–H and O–H groups in total. The number of fused-ring (bicyclic) bond motifs is 1. The van der Waals surface area contributed by atoms with Crippen LogP contribution in [0.5, 0.6) is 5.75 Å². The number of amides is 2. The van der Waals surface area contributed by atoms with Crippen molar-refractivity contribution in [3.63, 3.8) is 0 Å². The van der Waals surface area contributed by atoms with Crippen LogP contribution in [0.3, 0.4) is 0 Å². The van der Waals surface area contributed by atoms with Crippen molar-refractivity contribution in [2.75, 3.05) is 11.4 Å². The van der Waals surface area contributed by atoms with Gasteiger partial charge in [-0.25, -0.2) is 0 Å². The number of rotatable bonds is 5. The molecule has 2 aromatic rings. The van der Waals surface area contributed by atoms with E-state index in [0.29, 0.717) is 24.5 Å². The first-order chi connectivity index (χ1) is 11.6. The van der Waals surface area contributed by atoms with Crippen LogP contribution in [-0.4, -0.2) is 29.4 Å². The molecule has 0 spiro atoms. The lowest BCUT2D eigenvalue weighted by Gasteiger charge is -2.32. The first kappa shape index (κ1) is 16.0. The van der Waals surface area contributed by atoms with Gasteiger partial charge in [0.2, 0.25) is 5.91 Å². The van der Waals surface area contributed by atoms with Crippen molar-refractivity contribution in [3.05, 3.63) is 54.4 Å². The molecule has 0 bridgehead atoms. The number of para-hydroxylation sites is 2. The number of nitrogens with zero attached hydrogens (tertiary/aromatic N) is 2. The van der Waals surface area contributed by atoms with Crippen LogP contribution in [-0.2, 0) is 16.1 Å². The number of benzene rings is 1. The number of pyridine rings is 1. The molecule has 6 nitrogen and oxygen atoms in total. The normalized spacial score (nSPS) is 16.3. The zero-order valence-electron chi connectivity index (χ0n) is 13.4. The van der Waals surface area contributed by atoms with Crippen LogP contribution in [0.15, 0.2) is 48.8 Å². The van der Waals surface area contributed by atoms with E-state index in [1.165, 1.54) is 0 Å². The average molecular weight is 325 g/mol. The monoisotopic (exact) mass is 325 g/mol. The molecule has 2 heterocycles. The van der Waals surface area contributed by atoms with E-state index in [4.69, 9.17) is 4.74 Å². The smallest absolute Gasteiger partial charge is 0.267 e. The van der Waals surface area contributed by atoms with Crippen molar-refractivity contribution >= 4 is 17.5 Å². The Morgan fingerprint density at radius 2 is 2.12 bits per heavy atom. The number of ether oxygens (including phenoxy) is 1. The summed E-state index contributed by atoms with van der Waals surface area (Å²) in [4.78, 5) is 30.0. The van der Waals surface area contributed by atoms with E-state index in [1.54, 1.807) is 24.2 Å². The lowest BCUT2D eigenvalue weighted by molar-refractivity contribution is -0.125. The number of carbonyl (C=O) groups is 2. The standard InChI is InChI=1S/C18H19N3O3/c1-13-18(23)21(15-6-2-3-7-16(15)24-13)10-8-17(22)20-12-14-5-4-9-19-11-14/h2-7,9,11,13H,8,10,12H2,1H3,(H,20,22). The quantitative estimate of drug-likeness (QED) is 0.911. The second-order valence-corrected chi connectivity index (χ2v) is 5.61. The zero-order chi connectivity index (χ0) is 16.9. The Hall–Kier alpha value is -2.89. The third kappa shape index (κ3) is 3.53. The number of carbonyl (C=O) groups excluding carboxylic acids is 2.